The number of likely N-dealkylation sites (N-methyl/N-ethyl adjacent to an activating group) is 1. The van der Waals surface area contributed by atoms with Gasteiger partial charge < -0.3 is 10.2 Å². The maximum absolute atomic E-state index is 12.9. The van der Waals surface area contributed by atoms with Gasteiger partial charge in [0, 0.05) is 24.4 Å². The standard InChI is InChI=1S/C22H22N2OS/c1-14-4-8-16(9-5-14)12-19-23-20-18(17-10-6-15(2)7-11-17)13-26-21(20)22(25)24(19)3/h4-11,13,19,23H,12H2,1-3H3/t19-/m1/s1. The van der Waals surface area contributed by atoms with E-state index in [1.165, 1.54) is 28.0 Å². The van der Waals surface area contributed by atoms with E-state index in [1.807, 2.05) is 11.9 Å². The zero-order valence-corrected chi connectivity index (χ0v) is 16.1. The van der Waals surface area contributed by atoms with Gasteiger partial charge in [0.1, 0.15) is 11.0 Å². The van der Waals surface area contributed by atoms with Crippen LogP contribution in [0.1, 0.15) is 26.4 Å². The maximum Gasteiger partial charge on any atom is 0.267 e. The van der Waals surface area contributed by atoms with Gasteiger partial charge in [0.2, 0.25) is 0 Å². The zero-order chi connectivity index (χ0) is 18.3. The fourth-order valence-electron chi connectivity index (χ4n) is 3.30. The van der Waals surface area contributed by atoms with Gasteiger partial charge in [-0.25, -0.2) is 0 Å². The fourth-order valence-corrected chi connectivity index (χ4v) is 4.33. The van der Waals surface area contributed by atoms with Crippen molar-refractivity contribution in [3.05, 3.63) is 75.5 Å². The molecule has 0 saturated heterocycles. The summed E-state index contributed by atoms with van der Waals surface area (Å²) in [6.45, 7) is 4.17. The monoisotopic (exact) mass is 362 g/mol. The van der Waals surface area contributed by atoms with E-state index in [2.05, 4.69) is 73.1 Å². The van der Waals surface area contributed by atoms with Crippen LogP contribution in [0.15, 0.2) is 53.9 Å². The molecule has 4 rings (SSSR count). The van der Waals surface area contributed by atoms with E-state index in [0.29, 0.717) is 0 Å². The first kappa shape index (κ1) is 16.9. The Morgan fingerprint density at radius 3 is 2.27 bits per heavy atom. The first-order valence-electron chi connectivity index (χ1n) is 8.80. The summed E-state index contributed by atoms with van der Waals surface area (Å²) >= 11 is 1.52. The highest BCUT2D eigenvalue weighted by Gasteiger charge is 2.32. The normalized spacial score (nSPS) is 16.3. The average Bonchev–Trinajstić information content (AvgIpc) is 3.06. The lowest BCUT2D eigenvalue weighted by atomic mass is 10.0. The molecule has 3 nitrogen and oxygen atoms in total. The second kappa shape index (κ2) is 6.61. The molecule has 1 amide bonds. The Bertz CT molecular complexity index is 941. The fraction of sp³-hybridized carbons (Fsp3) is 0.227. The molecule has 1 atom stereocenters. The molecule has 0 bridgehead atoms. The lowest BCUT2D eigenvalue weighted by Crippen LogP contribution is -2.47. The Hall–Kier alpha value is -2.59. The van der Waals surface area contributed by atoms with E-state index < -0.39 is 0 Å². The van der Waals surface area contributed by atoms with Gasteiger partial charge in [-0.3, -0.25) is 4.79 Å². The Kier molecular flexibility index (Phi) is 4.29. The summed E-state index contributed by atoms with van der Waals surface area (Å²) in [6.07, 6.45) is 0.738. The van der Waals surface area contributed by atoms with Crippen molar-refractivity contribution in [1.29, 1.82) is 0 Å². The molecule has 132 valence electrons. The number of nitrogens with one attached hydrogen (secondary N) is 1. The predicted molar refractivity (Wildman–Crippen MR) is 109 cm³/mol. The van der Waals surface area contributed by atoms with E-state index in [4.69, 9.17) is 0 Å². The van der Waals surface area contributed by atoms with Gasteiger partial charge in [0.25, 0.3) is 5.91 Å². The van der Waals surface area contributed by atoms with Crippen molar-refractivity contribution in [3.63, 3.8) is 0 Å². The lowest BCUT2D eigenvalue weighted by Gasteiger charge is -2.34. The minimum Gasteiger partial charge on any atom is -0.363 e. The van der Waals surface area contributed by atoms with Crippen molar-refractivity contribution in [2.45, 2.75) is 26.4 Å². The largest absolute Gasteiger partial charge is 0.363 e. The molecule has 2 heterocycles. The van der Waals surface area contributed by atoms with Crippen LogP contribution in [0.4, 0.5) is 5.69 Å². The van der Waals surface area contributed by atoms with Gasteiger partial charge in [0.15, 0.2) is 0 Å². The molecular formula is C22H22N2OS. The molecule has 0 aliphatic carbocycles. The van der Waals surface area contributed by atoms with E-state index in [9.17, 15) is 4.79 Å². The summed E-state index contributed by atoms with van der Waals surface area (Å²) in [5, 5.41) is 5.70. The van der Waals surface area contributed by atoms with Crippen LogP contribution in [-0.2, 0) is 6.42 Å². The van der Waals surface area contributed by atoms with Crippen molar-refractivity contribution in [2.24, 2.45) is 0 Å². The van der Waals surface area contributed by atoms with Crippen LogP contribution in [0.3, 0.4) is 0 Å². The number of benzene rings is 2. The lowest BCUT2D eigenvalue weighted by molar-refractivity contribution is 0.0742. The Morgan fingerprint density at radius 2 is 1.62 bits per heavy atom. The number of anilines is 1. The molecule has 0 spiro atoms. The van der Waals surface area contributed by atoms with E-state index in [-0.39, 0.29) is 12.1 Å². The molecule has 1 aromatic heterocycles. The molecular weight excluding hydrogens is 340 g/mol. The molecule has 2 aromatic carbocycles. The van der Waals surface area contributed by atoms with Crippen LogP contribution >= 0.6 is 11.3 Å². The van der Waals surface area contributed by atoms with Gasteiger partial charge in [-0.05, 0) is 25.0 Å². The van der Waals surface area contributed by atoms with Crippen molar-refractivity contribution in [3.8, 4) is 11.1 Å². The molecule has 26 heavy (non-hydrogen) atoms. The second-order valence-electron chi connectivity index (χ2n) is 6.99. The predicted octanol–water partition coefficient (Wildman–Crippen LogP) is 5.10. The van der Waals surface area contributed by atoms with Crippen LogP contribution in [0, 0.1) is 13.8 Å². The van der Waals surface area contributed by atoms with Crippen LogP contribution in [-0.4, -0.2) is 24.0 Å². The van der Waals surface area contributed by atoms with E-state index >= 15 is 0 Å². The highest BCUT2D eigenvalue weighted by atomic mass is 32.1. The van der Waals surface area contributed by atoms with Gasteiger partial charge >= 0.3 is 0 Å². The maximum atomic E-state index is 12.9. The van der Waals surface area contributed by atoms with Gasteiger partial charge in [-0.1, -0.05) is 59.7 Å². The number of rotatable bonds is 3. The van der Waals surface area contributed by atoms with E-state index in [0.717, 1.165) is 28.1 Å². The number of hydrogen-bond donors (Lipinski definition) is 1. The van der Waals surface area contributed by atoms with Crippen LogP contribution in [0.25, 0.3) is 11.1 Å². The molecule has 0 fully saturated rings. The molecule has 0 radical (unpaired) electrons. The summed E-state index contributed by atoms with van der Waals surface area (Å²) in [6, 6.07) is 17.0. The minimum atomic E-state index is -0.0449. The Balaban J connectivity index is 1.67. The van der Waals surface area contributed by atoms with Crippen molar-refractivity contribution in [2.75, 3.05) is 12.4 Å². The topological polar surface area (TPSA) is 32.3 Å². The number of thiophene rings is 1. The Labute approximate surface area is 158 Å². The average molecular weight is 362 g/mol. The molecule has 0 unspecified atom stereocenters. The smallest absolute Gasteiger partial charge is 0.267 e. The summed E-state index contributed by atoms with van der Waals surface area (Å²) in [5.74, 6) is 0.0965. The SMILES string of the molecule is Cc1ccc(C[C@@H]2Nc3c(-c4ccc(C)cc4)csc3C(=O)N2C)cc1. The number of aryl methyl sites for hydroxylation is 2. The first-order chi connectivity index (χ1) is 12.5. The molecule has 1 aliphatic heterocycles. The summed E-state index contributed by atoms with van der Waals surface area (Å²) < 4.78 is 0. The summed E-state index contributed by atoms with van der Waals surface area (Å²) in [4.78, 5) is 15.5. The number of carbonyl (C=O) groups is 1. The van der Waals surface area contributed by atoms with Crippen molar-refractivity contribution >= 4 is 22.9 Å². The van der Waals surface area contributed by atoms with Crippen LogP contribution in [0.2, 0.25) is 0 Å². The molecule has 1 aliphatic rings. The third kappa shape index (κ3) is 3.01. The Morgan fingerprint density at radius 1 is 1.00 bits per heavy atom. The quantitative estimate of drug-likeness (QED) is 0.703. The second-order valence-corrected chi connectivity index (χ2v) is 7.87. The highest BCUT2D eigenvalue weighted by molar-refractivity contribution is 7.13. The third-order valence-corrected chi connectivity index (χ3v) is 5.96. The molecule has 3 aromatic rings. The van der Waals surface area contributed by atoms with Gasteiger partial charge in [0.05, 0.1) is 5.69 Å². The number of nitrogens with zero attached hydrogens (tertiary/aromatic N) is 1. The summed E-state index contributed by atoms with van der Waals surface area (Å²) in [5.41, 5.74) is 6.94. The number of carbonyl (C=O) groups excluding carboxylic acids is 1. The summed E-state index contributed by atoms with van der Waals surface area (Å²) in [7, 11) is 1.88. The van der Waals surface area contributed by atoms with E-state index in [1.54, 1.807) is 0 Å². The molecule has 1 N–H and O–H groups in total. The van der Waals surface area contributed by atoms with Gasteiger partial charge in [-0.2, -0.15) is 0 Å². The minimum absolute atomic E-state index is 0.0449. The zero-order valence-electron chi connectivity index (χ0n) is 15.2. The number of fused-ring (bicyclic) bond motifs is 1. The van der Waals surface area contributed by atoms with Crippen molar-refractivity contribution < 1.29 is 4.79 Å². The molecule has 0 saturated carbocycles. The van der Waals surface area contributed by atoms with Crippen LogP contribution < -0.4 is 5.32 Å². The third-order valence-electron chi connectivity index (χ3n) is 5.00. The van der Waals surface area contributed by atoms with Crippen LogP contribution in [0.5, 0.6) is 0 Å². The first-order valence-corrected chi connectivity index (χ1v) is 9.68. The number of hydrogen-bond acceptors (Lipinski definition) is 3. The van der Waals surface area contributed by atoms with Gasteiger partial charge in [-0.15, -0.1) is 11.3 Å². The van der Waals surface area contributed by atoms with Crippen molar-refractivity contribution in [1.82, 2.24) is 4.90 Å². The number of amides is 1. The molecule has 4 heteroatoms. The highest BCUT2D eigenvalue weighted by Crippen LogP contribution is 2.40.